The van der Waals surface area contributed by atoms with Crippen molar-refractivity contribution >= 4 is 23.6 Å². The molecule has 2 aromatic carbocycles. The van der Waals surface area contributed by atoms with Gasteiger partial charge in [-0.15, -0.1) is 11.8 Å². The molecule has 0 saturated carbocycles. The molecule has 0 aromatic heterocycles. The fraction of sp³-hybridized carbons (Fsp3) is 0.364. The van der Waals surface area contributed by atoms with E-state index in [0.717, 1.165) is 24.2 Å². The van der Waals surface area contributed by atoms with Crippen LogP contribution in [0.25, 0.3) is 0 Å². The maximum atomic E-state index is 13.1. The van der Waals surface area contributed by atoms with Gasteiger partial charge in [-0.25, -0.2) is 0 Å². The number of rotatable bonds is 6. The van der Waals surface area contributed by atoms with Gasteiger partial charge in [0, 0.05) is 17.9 Å². The predicted molar refractivity (Wildman–Crippen MR) is 110 cm³/mol. The number of carbonyl (C=O) groups excluding carboxylic acids is 2. The van der Waals surface area contributed by atoms with Gasteiger partial charge in [-0.3, -0.25) is 9.59 Å². The molecule has 2 heterocycles. The third-order valence-electron chi connectivity index (χ3n) is 5.38. The molecular weight excluding hydrogens is 372 g/mol. The van der Waals surface area contributed by atoms with Gasteiger partial charge in [0.15, 0.2) is 0 Å². The number of nitrogens with zero attached hydrogens (tertiary/aromatic N) is 2. The third-order valence-corrected chi connectivity index (χ3v) is 6.74. The number of methoxy groups -OCH3 is 1. The Morgan fingerprint density at radius 2 is 1.82 bits per heavy atom. The van der Waals surface area contributed by atoms with Gasteiger partial charge < -0.3 is 14.5 Å². The first-order valence-corrected chi connectivity index (χ1v) is 10.6. The molecule has 5 nitrogen and oxygen atoms in total. The smallest absolute Gasteiger partial charge is 0.247 e. The van der Waals surface area contributed by atoms with E-state index in [-0.39, 0.29) is 29.8 Å². The van der Waals surface area contributed by atoms with Crippen molar-refractivity contribution in [3.63, 3.8) is 0 Å². The van der Waals surface area contributed by atoms with Crippen LogP contribution in [0.1, 0.15) is 17.5 Å². The Balaban J connectivity index is 1.43. The van der Waals surface area contributed by atoms with E-state index in [0.29, 0.717) is 12.3 Å². The summed E-state index contributed by atoms with van der Waals surface area (Å²) in [6.07, 6.45) is 1.78. The first-order valence-electron chi connectivity index (χ1n) is 9.54. The van der Waals surface area contributed by atoms with Crippen molar-refractivity contribution in [3.05, 3.63) is 65.7 Å². The van der Waals surface area contributed by atoms with E-state index in [1.807, 2.05) is 47.4 Å². The Morgan fingerprint density at radius 1 is 1.07 bits per heavy atom. The van der Waals surface area contributed by atoms with E-state index in [1.165, 1.54) is 5.56 Å². The SMILES string of the molecule is COc1ccccc1CN1CC(=O)N2[C@@H](CCc3ccccc3)SC[C@H]2C1=O. The zero-order valence-corrected chi connectivity index (χ0v) is 16.7. The number of benzene rings is 2. The van der Waals surface area contributed by atoms with Gasteiger partial charge in [0.25, 0.3) is 0 Å². The molecule has 0 bridgehead atoms. The Morgan fingerprint density at radius 3 is 2.61 bits per heavy atom. The minimum Gasteiger partial charge on any atom is -0.496 e. The van der Waals surface area contributed by atoms with Crippen molar-refractivity contribution in [1.29, 1.82) is 0 Å². The van der Waals surface area contributed by atoms with E-state index in [2.05, 4.69) is 12.1 Å². The molecule has 2 aliphatic heterocycles. The van der Waals surface area contributed by atoms with Gasteiger partial charge in [0.05, 0.1) is 12.5 Å². The highest BCUT2D eigenvalue weighted by Crippen LogP contribution is 2.36. The number of hydrogen-bond donors (Lipinski definition) is 0. The summed E-state index contributed by atoms with van der Waals surface area (Å²) in [7, 11) is 1.62. The van der Waals surface area contributed by atoms with Crippen LogP contribution in [0.2, 0.25) is 0 Å². The topological polar surface area (TPSA) is 49.9 Å². The van der Waals surface area contributed by atoms with Gasteiger partial charge >= 0.3 is 0 Å². The van der Waals surface area contributed by atoms with E-state index in [1.54, 1.807) is 23.8 Å². The molecule has 28 heavy (non-hydrogen) atoms. The highest BCUT2D eigenvalue weighted by atomic mass is 32.2. The van der Waals surface area contributed by atoms with Gasteiger partial charge in [0.1, 0.15) is 18.3 Å². The molecule has 0 spiro atoms. The van der Waals surface area contributed by atoms with Crippen molar-refractivity contribution in [3.8, 4) is 5.75 Å². The van der Waals surface area contributed by atoms with Crippen LogP contribution in [0.15, 0.2) is 54.6 Å². The van der Waals surface area contributed by atoms with Crippen molar-refractivity contribution in [2.45, 2.75) is 30.8 Å². The van der Waals surface area contributed by atoms with Crippen LogP contribution in [0.3, 0.4) is 0 Å². The summed E-state index contributed by atoms with van der Waals surface area (Å²) in [5.74, 6) is 1.50. The monoisotopic (exact) mass is 396 g/mol. The van der Waals surface area contributed by atoms with Crippen LogP contribution in [-0.4, -0.2) is 52.4 Å². The minimum absolute atomic E-state index is 0.0419. The lowest BCUT2D eigenvalue weighted by molar-refractivity contribution is -0.155. The van der Waals surface area contributed by atoms with Crippen molar-refractivity contribution in [1.82, 2.24) is 9.80 Å². The number of aryl methyl sites for hydroxylation is 1. The summed E-state index contributed by atoms with van der Waals surface area (Å²) in [4.78, 5) is 29.4. The van der Waals surface area contributed by atoms with E-state index >= 15 is 0 Å². The molecular formula is C22H24N2O3S. The van der Waals surface area contributed by atoms with Crippen LogP contribution in [0, 0.1) is 0 Å². The lowest BCUT2D eigenvalue weighted by Crippen LogP contribution is -2.59. The molecule has 6 heteroatoms. The molecule has 2 aliphatic rings. The molecule has 0 unspecified atom stereocenters. The average Bonchev–Trinajstić information content (AvgIpc) is 3.16. The Bertz CT molecular complexity index is 858. The Labute approximate surface area is 169 Å². The van der Waals surface area contributed by atoms with E-state index in [4.69, 9.17) is 4.74 Å². The summed E-state index contributed by atoms with van der Waals surface area (Å²) in [5.41, 5.74) is 2.19. The highest BCUT2D eigenvalue weighted by molar-refractivity contribution is 8.00. The number of fused-ring (bicyclic) bond motifs is 1. The molecule has 146 valence electrons. The number of piperazine rings is 1. The number of thioether (sulfide) groups is 1. The second kappa shape index (κ2) is 8.27. The largest absolute Gasteiger partial charge is 0.496 e. The van der Waals surface area contributed by atoms with Gasteiger partial charge in [-0.1, -0.05) is 48.5 Å². The maximum Gasteiger partial charge on any atom is 0.247 e. The Hall–Kier alpha value is -2.47. The second-order valence-corrected chi connectivity index (χ2v) is 8.35. The van der Waals surface area contributed by atoms with Crippen LogP contribution >= 0.6 is 11.8 Å². The fourth-order valence-corrected chi connectivity index (χ4v) is 5.37. The number of hydrogen-bond acceptors (Lipinski definition) is 4. The van der Waals surface area contributed by atoms with Crippen molar-refractivity contribution < 1.29 is 14.3 Å². The third kappa shape index (κ3) is 3.74. The zero-order chi connectivity index (χ0) is 19.5. The second-order valence-electron chi connectivity index (χ2n) is 7.14. The first-order chi connectivity index (χ1) is 13.7. The molecule has 2 saturated heterocycles. The highest BCUT2D eigenvalue weighted by Gasteiger charge is 2.47. The molecule has 4 rings (SSSR count). The first kappa shape index (κ1) is 18.9. The van der Waals surface area contributed by atoms with Crippen LogP contribution < -0.4 is 4.74 Å². The minimum atomic E-state index is -0.346. The van der Waals surface area contributed by atoms with Crippen molar-refractivity contribution in [2.75, 3.05) is 19.4 Å². The number of amides is 2. The summed E-state index contributed by atoms with van der Waals surface area (Å²) in [5, 5.41) is 0.0788. The average molecular weight is 397 g/mol. The zero-order valence-electron chi connectivity index (χ0n) is 15.9. The van der Waals surface area contributed by atoms with Gasteiger partial charge in [-0.05, 0) is 24.5 Å². The summed E-state index contributed by atoms with van der Waals surface area (Å²) >= 11 is 1.72. The van der Waals surface area contributed by atoms with E-state index < -0.39 is 0 Å². The molecule has 2 fully saturated rings. The number of para-hydroxylation sites is 1. The predicted octanol–water partition coefficient (Wildman–Crippen LogP) is 2.94. The summed E-state index contributed by atoms with van der Waals surface area (Å²) < 4.78 is 5.39. The van der Waals surface area contributed by atoms with Gasteiger partial charge in [-0.2, -0.15) is 0 Å². The van der Waals surface area contributed by atoms with Crippen LogP contribution in [0.4, 0.5) is 0 Å². The maximum absolute atomic E-state index is 13.1. The lowest BCUT2D eigenvalue weighted by atomic mass is 10.1. The number of carbonyl (C=O) groups is 2. The molecule has 2 amide bonds. The van der Waals surface area contributed by atoms with Crippen molar-refractivity contribution in [2.24, 2.45) is 0 Å². The van der Waals surface area contributed by atoms with Gasteiger partial charge in [0.2, 0.25) is 11.8 Å². The quantitative estimate of drug-likeness (QED) is 0.753. The normalized spacial score (nSPS) is 21.8. The Kier molecular flexibility index (Phi) is 5.57. The lowest BCUT2D eigenvalue weighted by Gasteiger charge is -2.38. The molecule has 2 aromatic rings. The number of ether oxygens (including phenoxy) is 1. The summed E-state index contributed by atoms with van der Waals surface area (Å²) in [6.45, 7) is 0.536. The molecule has 0 N–H and O–H groups in total. The summed E-state index contributed by atoms with van der Waals surface area (Å²) in [6, 6.07) is 17.6. The van der Waals surface area contributed by atoms with Crippen LogP contribution in [-0.2, 0) is 22.6 Å². The molecule has 0 radical (unpaired) electrons. The molecule has 2 atom stereocenters. The molecule has 0 aliphatic carbocycles. The fourth-order valence-electron chi connectivity index (χ4n) is 3.95. The van der Waals surface area contributed by atoms with E-state index in [9.17, 15) is 9.59 Å². The van der Waals surface area contributed by atoms with Crippen LogP contribution in [0.5, 0.6) is 5.75 Å². The standard InChI is InChI=1S/C22H24N2O3S/c1-27-19-10-6-5-9-17(19)13-23-14-20(25)24-18(22(23)26)15-28-21(24)12-11-16-7-3-2-4-8-16/h2-10,18,21H,11-15H2,1H3/t18-,21+/m0/s1.